The predicted octanol–water partition coefficient (Wildman–Crippen LogP) is 14.9. The molecule has 6 aromatic rings. The van der Waals surface area contributed by atoms with Gasteiger partial charge in [0.15, 0.2) is 9.84 Å². The second kappa shape index (κ2) is 24.9. The fourth-order valence-electron chi connectivity index (χ4n) is 9.92. The summed E-state index contributed by atoms with van der Waals surface area (Å²) in [6, 6.07) is 33.5. The van der Waals surface area contributed by atoms with Crippen molar-refractivity contribution >= 4 is 125 Å². The van der Waals surface area contributed by atoms with Crippen LogP contribution in [0.15, 0.2) is 123 Å². The molecule has 0 radical (unpaired) electrons. The summed E-state index contributed by atoms with van der Waals surface area (Å²) >= 11 is 42.5. The Kier molecular flexibility index (Phi) is 19.5. The summed E-state index contributed by atoms with van der Waals surface area (Å²) in [4.78, 5) is 45.8. The van der Waals surface area contributed by atoms with E-state index in [4.69, 9.17) is 69.6 Å². The summed E-state index contributed by atoms with van der Waals surface area (Å²) in [5.41, 5.74) is 8.81. The van der Waals surface area contributed by atoms with Crippen molar-refractivity contribution in [3.8, 4) is 0 Å². The van der Waals surface area contributed by atoms with Gasteiger partial charge in [-0.2, -0.15) is 0 Å². The van der Waals surface area contributed by atoms with Crippen LogP contribution in [0.1, 0.15) is 89.0 Å². The van der Waals surface area contributed by atoms with E-state index in [0.717, 1.165) is 35.0 Å². The summed E-state index contributed by atoms with van der Waals surface area (Å²) in [5, 5.41) is 3.11. The highest BCUT2D eigenvalue weighted by Crippen LogP contribution is 2.38. The smallest absolute Gasteiger partial charge is 0.227 e. The Morgan fingerprint density at radius 2 is 0.822 bits per heavy atom. The first-order valence-electron chi connectivity index (χ1n) is 23.6. The molecule has 3 aliphatic rings. The first kappa shape index (κ1) is 57.0. The van der Waals surface area contributed by atoms with Gasteiger partial charge in [-0.25, -0.2) is 8.42 Å². The van der Waals surface area contributed by atoms with Gasteiger partial charge in [-0.3, -0.25) is 14.4 Å². The monoisotopic (exact) mass is 1200 g/mol. The second-order valence-corrected chi connectivity index (χ2v) is 24.2. The maximum Gasteiger partial charge on any atom is 0.227 e. The molecule has 0 bridgehead atoms. The fourth-order valence-corrected chi connectivity index (χ4v) is 13.8. The van der Waals surface area contributed by atoms with Crippen LogP contribution in [0.3, 0.4) is 0 Å². The van der Waals surface area contributed by atoms with Crippen LogP contribution in [-0.4, -0.2) is 73.0 Å². The maximum absolute atomic E-state index is 12.9. The van der Waals surface area contributed by atoms with Gasteiger partial charge in [0, 0.05) is 65.4 Å². The van der Waals surface area contributed by atoms with E-state index in [1.807, 2.05) is 34.9 Å². The van der Waals surface area contributed by atoms with E-state index in [9.17, 15) is 22.8 Å². The SMILES string of the molecule is CSc1cccc2c1CCN(C(=O)Cc1c(Cl)cccc1Cl)[C@H]2C.C[C@H]1c2cccc(Br)c2CCN1C(=O)Cc1c(Cl)cccc1Cl.C[C@H]1c2cccc(S(C)(=O)=O)c2CCN1C(=O)Cc1c(Cl)cccc1Cl. The molecular formula is C56H54BrCl6N3O5S2. The van der Waals surface area contributed by atoms with Gasteiger partial charge in [-0.15, -0.1) is 11.8 Å². The van der Waals surface area contributed by atoms with Crippen LogP contribution in [0.4, 0.5) is 0 Å². The normalized spacial score (nSPS) is 17.0. The third kappa shape index (κ3) is 13.1. The average Bonchev–Trinajstić information content (AvgIpc) is 3.35. The van der Waals surface area contributed by atoms with Gasteiger partial charge < -0.3 is 14.7 Å². The molecule has 0 saturated heterocycles. The van der Waals surface area contributed by atoms with Crippen molar-refractivity contribution in [3.63, 3.8) is 0 Å². The van der Waals surface area contributed by atoms with Crippen LogP contribution in [0.5, 0.6) is 0 Å². The Labute approximate surface area is 471 Å². The number of sulfone groups is 1. The minimum absolute atomic E-state index is 0.0463. The molecule has 3 atom stereocenters. The number of thioether (sulfide) groups is 1. The van der Waals surface area contributed by atoms with Crippen molar-refractivity contribution in [1.29, 1.82) is 0 Å². The average molecular weight is 1210 g/mol. The molecule has 6 aromatic carbocycles. The Balaban J connectivity index is 0.000000161. The highest BCUT2D eigenvalue weighted by atomic mass is 79.9. The van der Waals surface area contributed by atoms with Crippen LogP contribution >= 0.6 is 97.3 Å². The molecule has 0 saturated carbocycles. The first-order valence-corrected chi connectivity index (χ1v) is 29.8. The lowest BCUT2D eigenvalue weighted by Crippen LogP contribution is -2.40. The van der Waals surface area contributed by atoms with E-state index in [1.54, 1.807) is 83.4 Å². The zero-order valence-corrected chi connectivity index (χ0v) is 48.6. The van der Waals surface area contributed by atoms with Gasteiger partial charge in [0.2, 0.25) is 17.7 Å². The zero-order chi connectivity index (χ0) is 52.9. The largest absolute Gasteiger partial charge is 0.335 e. The number of carbonyl (C=O) groups is 3. The molecular weight excluding hydrogens is 1150 g/mol. The zero-order valence-electron chi connectivity index (χ0n) is 40.8. The molecule has 3 aliphatic heterocycles. The summed E-state index contributed by atoms with van der Waals surface area (Å²) < 4.78 is 25.2. The lowest BCUT2D eigenvalue weighted by Gasteiger charge is -2.36. The van der Waals surface area contributed by atoms with Crippen molar-refractivity contribution in [2.75, 3.05) is 32.1 Å². The molecule has 0 unspecified atom stereocenters. The molecule has 0 N–H and O–H groups in total. The number of carbonyl (C=O) groups excluding carboxylic acids is 3. The number of rotatable bonds is 8. The van der Waals surface area contributed by atoms with Crippen LogP contribution in [-0.2, 0) is 62.7 Å². The van der Waals surface area contributed by atoms with Crippen molar-refractivity contribution in [3.05, 3.63) is 194 Å². The molecule has 0 spiro atoms. The van der Waals surface area contributed by atoms with Gasteiger partial charge >= 0.3 is 0 Å². The molecule has 3 amide bonds. The van der Waals surface area contributed by atoms with Crippen LogP contribution in [0.2, 0.25) is 30.1 Å². The Morgan fingerprint density at radius 3 is 1.21 bits per heavy atom. The van der Waals surface area contributed by atoms with Crippen LogP contribution in [0, 0.1) is 0 Å². The molecule has 17 heteroatoms. The third-order valence-corrected chi connectivity index (χ3v) is 18.7. The minimum Gasteiger partial charge on any atom is -0.335 e. The molecule has 0 aromatic heterocycles. The highest BCUT2D eigenvalue weighted by Gasteiger charge is 2.33. The number of nitrogens with zero attached hydrogens (tertiary/aromatic N) is 3. The second-order valence-electron chi connectivity index (χ2n) is 18.1. The fraction of sp³-hybridized carbons (Fsp3) is 0.304. The number of hydrogen-bond donors (Lipinski definition) is 0. The number of benzene rings is 6. The molecule has 3 heterocycles. The van der Waals surface area contributed by atoms with Gasteiger partial charge in [0.25, 0.3) is 0 Å². The van der Waals surface area contributed by atoms with E-state index < -0.39 is 9.84 Å². The maximum atomic E-state index is 12.9. The van der Waals surface area contributed by atoms with Crippen molar-refractivity contribution in [1.82, 2.24) is 14.7 Å². The Morgan fingerprint density at radius 1 is 0.507 bits per heavy atom. The number of amides is 3. The van der Waals surface area contributed by atoms with Crippen molar-refractivity contribution < 1.29 is 22.8 Å². The molecule has 73 heavy (non-hydrogen) atoms. The number of halogens is 7. The molecule has 9 rings (SSSR count). The van der Waals surface area contributed by atoms with Gasteiger partial charge in [0.05, 0.1) is 42.3 Å². The topological polar surface area (TPSA) is 95.1 Å². The van der Waals surface area contributed by atoms with E-state index in [-0.39, 0.29) is 55.1 Å². The molecule has 0 fully saturated rings. The summed E-state index contributed by atoms with van der Waals surface area (Å²) in [6.45, 7) is 7.97. The van der Waals surface area contributed by atoms with E-state index in [1.165, 1.54) is 33.4 Å². The van der Waals surface area contributed by atoms with E-state index >= 15 is 0 Å². The highest BCUT2D eigenvalue weighted by molar-refractivity contribution is 9.10. The van der Waals surface area contributed by atoms with Crippen LogP contribution < -0.4 is 0 Å². The molecule has 384 valence electrons. The first-order chi connectivity index (χ1) is 34.7. The molecule has 0 aliphatic carbocycles. The Hall–Kier alpha value is -3.75. The third-order valence-electron chi connectivity index (χ3n) is 13.8. The van der Waals surface area contributed by atoms with Crippen molar-refractivity contribution in [2.24, 2.45) is 0 Å². The predicted molar refractivity (Wildman–Crippen MR) is 304 cm³/mol. The summed E-state index contributed by atoms with van der Waals surface area (Å²) in [6.07, 6.45) is 6.13. The van der Waals surface area contributed by atoms with E-state index in [0.29, 0.717) is 71.2 Å². The van der Waals surface area contributed by atoms with Gasteiger partial charge in [-0.1, -0.05) is 140 Å². The van der Waals surface area contributed by atoms with Gasteiger partial charge in [-0.05, 0) is 151 Å². The summed E-state index contributed by atoms with van der Waals surface area (Å²) in [7, 11) is -3.30. The molecule has 8 nitrogen and oxygen atoms in total. The quantitative estimate of drug-likeness (QED) is 0.141. The number of hydrogen-bond acceptors (Lipinski definition) is 6. The van der Waals surface area contributed by atoms with Crippen molar-refractivity contribution in [2.45, 2.75) is 87.2 Å². The van der Waals surface area contributed by atoms with Crippen LogP contribution in [0.25, 0.3) is 0 Å². The van der Waals surface area contributed by atoms with E-state index in [2.05, 4.69) is 60.3 Å². The minimum atomic E-state index is -3.30. The lowest BCUT2D eigenvalue weighted by molar-refractivity contribution is -0.133. The Bertz CT molecular complexity index is 3120. The lowest BCUT2D eigenvalue weighted by atomic mass is 9.93. The standard InChI is InChI=1S/C19H19Cl2NO3S.C19H19Cl2NOS.C18H16BrCl2NO/c1-12-13-5-3-8-18(26(2,24)25)14(13)9-10-22(12)19(23)11-15-16(20)6-4-7-17(15)21;1-12-13-5-3-8-18(24-2)14(13)9-10-22(12)19(23)11-15-16(20)6-4-7-17(15)21;1-11-12-4-2-5-15(19)13(12)8-9-22(11)18(23)10-14-16(20)6-3-7-17(14)21/h3-8,12H,9-11H2,1-2H3;3-8,12H,9-11H2,1-2H3;2-7,11H,8-10H2,1H3/t2*12-;11-/m000/s1. The number of fused-ring (bicyclic) bond motifs is 3. The van der Waals surface area contributed by atoms with Gasteiger partial charge in [0.1, 0.15) is 0 Å². The summed E-state index contributed by atoms with van der Waals surface area (Å²) in [5.74, 6) is 0.0405.